The molecule has 8 atom stereocenters. The van der Waals surface area contributed by atoms with Gasteiger partial charge in [0, 0.05) is 12.8 Å². The number of ether oxygens (including phenoxy) is 2. The van der Waals surface area contributed by atoms with E-state index in [0.717, 1.165) is 44.9 Å². The van der Waals surface area contributed by atoms with Crippen molar-refractivity contribution in [2.75, 3.05) is 13.2 Å². The Balaban J connectivity index is 2.51. The molecule has 1 rings (SSSR count). The van der Waals surface area contributed by atoms with Crippen molar-refractivity contribution in [3.8, 4) is 0 Å². The molecule has 0 amide bonds. The van der Waals surface area contributed by atoms with Gasteiger partial charge < -0.3 is 39.9 Å². The number of allylic oxidation sites excluding steroid dienone is 10. The van der Waals surface area contributed by atoms with Crippen LogP contribution in [0.3, 0.4) is 0 Å². The maximum absolute atomic E-state index is 12.8. The normalized spacial score (nSPS) is 22.4. The third kappa shape index (κ3) is 29.8. The van der Waals surface area contributed by atoms with Gasteiger partial charge in [-0.1, -0.05) is 171 Å². The first kappa shape index (κ1) is 57.6. The molecule has 0 spiro atoms. The van der Waals surface area contributed by atoms with Crippen LogP contribution in [-0.2, 0) is 32.7 Å². The van der Waals surface area contributed by atoms with Crippen LogP contribution in [-0.4, -0.2) is 98.3 Å². The van der Waals surface area contributed by atoms with Crippen molar-refractivity contribution in [1.82, 2.24) is 0 Å². The van der Waals surface area contributed by atoms with Gasteiger partial charge >= 0.3 is 19.8 Å². The molecule has 62 heavy (non-hydrogen) atoms. The maximum atomic E-state index is 12.8. The summed E-state index contributed by atoms with van der Waals surface area (Å²) in [6.45, 7) is 3.21. The summed E-state index contributed by atoms with van der Waals surface area (Å²) in [4.78, 5) is 35.7. The molecule has 6 unspecified atom stereocenters. The van der Waals surface area contributed by atoms with E-state index in [4.69, 9.17) is 18.5 Å². The Kier molecular flexibility index (Phi) is 35.2. The lowest BCUT2D eigenvalue weighted by Gasteiger charge is -2.41. The van der Waals surface area contributed by atoms with Crippen LogP contribution in [0.4, 0.5) is 0 Å². The number of phosphoric ester groups is 1. The number of phosphoric acid groups is 1. The van der Waals surface area contributed by atoms with Gasteiger partial charge in [-0.15, -0.1) is 0 Å². The molecule has 1 saturated carbocycles. The Morgan fingerprint density at radius 1 is 0.500 bits per heavy atom. The van der Waals surface area contributed by atoms with E-state index in [2.05, 4.69) is 56.4 Å². The topological polar surface area (TPSA) is 210 Å². The quantitative estimate of drug-likeness (QED) is 0.0148. The number of unbranched alkanes of at least 4 members (excludes halogenated alkanes) is 16. The minimum atomic E-state index is -5.14. The van der Waals surface area contributed by atoms with E-state index >= 15 is 0 Å². The van der Waals surface area contributed by atoms with E-state index in [-0.39, 0.29) is 12.8 Å². The molecular formula is C48H83O13P. The van der Waals surface area contributed by atoms with Crippen molar-refractivity contribution in [1.29, 1.82) is 0 Å². The van der Waals surface area contributed by atoms with Crippen molar-refractivity contribution in [3.63, 3.8) is 0 Å². The fraction of sp³-hybridized carbons (Fsp3) is 0.750. The molecule has 0 aromatic heterocycles. The van der Waals surface area contributed by atoms with Crippen LogP contribution in [0.2, 0.25) is 0 Å². The molecule has 6 N–H and O–H groups in total. The first-order chi connectivity index (χ1) is 29.9. The van der Waals surface area contributed by atoms with Gasteiger partial charge in [0.2, 0.25) is 0 Å². The second-order valence-corrected chi connectivity index (χ2v) is 17.7. The summed E-state index contributed by atoms with van der Waals surface area (Å²) in [6, 6.07) is 0. The van der Waals surface area contributed by atoms with Crippen LogP contribution in [0.15, 0.2) is 60.8 Å². The molecular weight excluding hydrogens is 815 g/mol. The molecule has 358 valence electrons. The van der Waals surface area contributed by atoms with Crippen molar-refractivity contribution in [2.24, 2.45) is 0 Å². The smallest absolute Gasteiger partial charge is 0.462 e. The molecule has 14 heteroatoms. The lowest BCUT2D eigenvalue weighted by atomic mass is 9.85. The molecule has 0 aliphatic heterocycles. The lowest BCUT2D eigenvalue weighted by Crippen LogP contribution is -2.64. The third-order valence-electron chi connectivity index (χ3n) is 10.6. The van der Waals surface area contributed by atoms with Gasteiger partial charge in [0.25, 0.3) is 0 Å². The number of hydrogen-bond donors (Lipinski definition) is 6. The SMILES string of the molecule is CCCCC/C=C/C/C=C/C/C=C/C/C=C/C/C=C/CCC(=O)O[C@H](COC(=O)CCCCCCCCCCCCCCCC)COP(=O)(O)OC1C(O)C(O)C(O)[C@H](O)C1O. The van der Waals surface area contributed by atoms with Crippen LogP contribution < -0.4 is 0 Å². The Bertz CT molecular complexity index is 1320. The zero-order chi connectivity index (χ0) is 45.7. The highest BCUT2D eigenvalue weighted by Crippen LogP contribution is 2.47. The molecule has 0 radical (unpaired) electrons. The van der Waals surface area contributed by atoms with E-state index in [1.807, 2.05) is 18.2 Å². The fourth-order valence-corrected chi connectivity index (χ4v) is 7.77. The van der Waals surface area contributed by atoms with Gasteiger partial charge in [-0.05, 0) is 51.4 Å². The van der Waals surface area contributed by atoms with Gasteiger partial charge in [-0.25, -0.2) is 4.57 Å². The molecule has 0 saturated heterocycles. The second-order valence-electron chi connectivity index (χ2n) is 16.3. The van der Waals surface area contributed by atoms with Crippen molar-refractivity contribution >= 4 is 19.8 Å². The number of carbonyl (C=O) groups is 2. The predicted molar refractivity (Wildman–Crippen MR) is 244 cm³/mol. The number of esters is 2. The summed E-state index contributed by atoms with van der Waals surface area (Å²) >= 11 is 0. The summed E-state index contributed by atoms with van der Waals surface area (Å²) in [5.41, 5.74) is 0. The lowest BCUT2D eigenvalue weighted by molar-refractivity contribution is -0.220. The van der Waals surface area contributed by atoms with E-state index in [0.29, 0.717) is 19.3 Å². The second kappa shape index (κ2) is 37.9. The molecule has 0 aromatic rings. The van der Waals surface area contributed by atoms with E-state index in [1.54, 1.807) is 0 Å². The number of carbonyl (C=O) groups excluding carboxylic acids is 2. The largest absolute Gasteiger partial charge is 0.472 e. The summed E-state index contributed by atoms with van der Waals surface area (Å²) in [5, 5.41) is 50.1. The molecule has 1 fully saturated rings. The monoisotopic (exact) mass is 899 g/mol. The summed E-state index contributed by atoms with van der Waals surface area (Å²) in [6.07, 6.45) is 32.9. The minimum Gasteiger partial charge on any atom is -0.462 e. The molecule has 1 aliphatic carbocycles. The highest BCUT2D eigenvalue weighted by molar-refractivity contribution is 7.47. The fourth-order valence-electron chi connectivity index (χ4n) is 6.80. The van der Waals surface area contributed by atoms with Crippen molar-refractivity contribution in [3.05, 3.63) is 60.8 Å². The van der Waals surface area contributed by atoms with Gasteiger partial charge in [0.1, 0.15) is 43.2 Å². The van der Waals surface area contributed by atoms with Gasteiger partial charge in [-0.2, -0.15) is 0 Å². The van der Waals surface area contributed by atoms with E-state index < -0.39 is 75.7 Å². The summed E-state index contributed by atoms with van der Waals surface area (Å²) in [5.74, 6) is -1.20. The number of hydrogen-bond acceptors (Lipinski definition) is 12. The average Bonchev–Trinajstić information content (AvgIpc) is 3.25. The Morgan fingerprint density at radius 2 is 0.903 bits per heavy atom. The Hall–Kier alpha value is -2.45. The van der Waals surface area contributed by atoms with Crippen LogP contribution in [0, 0.1) is 0 Å². The van der Waals surface area contributed by atoms with Gasteiger partial charge in [0.05, 0.1) is 6.61 Å². The molecule has 0 bridgehead atoms. The van der Waals surface area contributed by atoms with Crippen LogP contribution in [0.1, 0.15) is 174 Å². The summed E-state index contributed by atoms with van der Waals surface area (Å²) < 4.78 is 33.4. The molecule has 13 nitrogen and oxygen atoms in total. The number of rotatable bonds is 38. The average molecular weight is 899 g/mol. The standard InChI is InChI=1S/C48H83O13P/c1-3-5-7-9-11-13-15-17-19-20-21-22-23-25-27-29-31-33-35-37-42(50)60-40(39-59-62(56,57)61-48-46(54)44(52)43(51)45(53)47(48)55)38-58-41(49)36-34-32-30-28-26-24-18-16-14-12-10-8-6-4-2/h11,13,17,19,21-22,25,27,31,33,40,43-48,51-55H,3-10,12,14-16,18,20,23-24,26,28-30,32,34-39H2,1-2H3,(H,56,57)/b13-11+,19-17+,22-21+,27-25+,33-31+/t40-,43?,44+,45?,46?,47?,48?/m1/s1. The zero-order valence-electron chi connectivity index (χ0n) is 37.9. The third-order valence-corrected chi connectivity index (χ3v) is 11.6. The highest BCUT2D eigenvalue weighted by atomic mass is 31.2. The van der Waals surface area contributed by atoms with Crippen molar-refractivity contribution in [2.45, 2.75) is 217 Å². The molecule has 0 aromatic carbocycles. The molecule has 0 heterocycles. The van der Waals surface area contributed by atoms with Gasteiger partial charge in [0.15, 0.2) is 6.10 Å². The highest BCUT2D eigenvalue weighted by Gasteiger charge is 2.51. The zero-order valence-corrected chi connectivity index (χ0v) is 38.8. The van der Waals surface area contributed by atoms with Crippen LogP contribution in [0.25, 0.3) is 0 Å². The van der Waals surface area contributed by atoms with Crippen LogP contribution >= 0.6 is 7.82 Å². The minimum absolute atomic E-state index is 0.0273. The first-order valence-corrected chi connectivity index (χ1v) is 25.1. The van der Waals surface area contributed by atoms with Crippen molar-refractivity contribution < 1.29 is 63.1 Å². The number of aliphatic hydroxyl groups is 5. The Morgan fingerprint density at radius 3 is 1.39 bits per heavy atom. The van der Waals surface area contributed by atoms with E-state index in [9.17, 15) is 44.6 Å². The van der Waals surface area contributed by atoms with Crippen LogP contribution in [0.5, 0.6) is 0 Å². The van der Waals surface area contributed by atoms with E-state index in [1.165, 1.54) is 83.5 Å². The molecule has 1 aliphatic rings. The number of aliphatic hydroxyl groups excluding tert-OH is 5. The maximum Gasteiger partial charge on any atom is 0.472 e. The first-order valence-electron chi connectivity index (χ1n) is 23.6. The summed E-state index contributed by atoms with van der Waals surface area (Å²) in [7, 11) is -5.14. The predicted octanol–water partition coefficient (Wildman–Crippen LogP) is 9.33. The van der Waals surface area contributed by atoms with Gasteiger partial charge in [-0.3, -0.25) is 18.6 Å². The Labute approximate surface area is 373 Å².